The van der Waals surface area contributed by atoms with Crippen LogP contribution in [0.3, 0.4) is 0 Å². The van der Waals surface area contributed by atoms with Crippen LogP contribution in [-0.4, -0.2) is 49.2 Å². The van der Waals surface area contributed by atoms with Crippen LogP contribution in [0.4, 0.5) is 17.5 Å². The Balaban J connectivity index is 1.73. The van der Waals surface area contributed by atoms with Crippen molar-refractivity contribution in [2.24, 2.45) is 0 Å². The number of anilines is 3. The van der Waals surface area contributed by atoms with E-state index in [9.17, 15) is 4.79 Å². The molecule has 3 N–H and O–H groups in total. The minimum atomic E-state index is -0.253. The molecule has 0 atom stereocenters. The number of pyridine rings is 1. The predicted octanol–water partition coefficient (Wildman–Crippen LogP) is 4.04. The van der Waals surface area contributed by atoms with E-state index >= 15 is 0 Å². The van der Waals surface area contributed by atoms with Crippen LogP contribution in [0.15, 0.2) is 54.7 Å². The maximum absolute atomic E-state index is 12.7. The van der Waals surface area contributed by atoms with Crippen molar-refractivity contribution >= 4 is 34.3 Å². The number of methoxy groups -OCH3 is 2. The summed E-state index contributed by atoms with van der Waals surface area (Å²) in [6, 6.07) is 14.6. The quantitative estimate of drug-likeness (QED) is 0.392. The lowest BCUT2D eigenvalue weighted by Crippen LogP contribution is -2.12. The average Bonchev–Trinajstić information content (AvgIpc) is 2.87. The highest BCUT2D eigenvalue weighted by Gasteiger charge is 2.15. The number of hydrogen-bond acceptors (Lipinski definition) is 8. The van der Waals surface area contributed by atoms with Gasteiger partial charge in [0.1, 0.15) is 5.82 Å². The molecule has 0 radical (unpaired) electrons. The van der Waals surface area contributed by atoms with Gasteiger partial charge in [-0.05, 0) is 30.3 Å². The van der Waals surface area contributed by atoms with Crippen molar-refractivity contribution in [2.45, 2.75) is 0 Å². The predicted molar refractivity (Wildman–Crippen MR) is 129 cm³/mol. The number of carbonyl (C=O) groups is 1. The van der Waals surface area contributed by atoms with E-state index in [1.807, 2.05) is 36.4 Å². The Labute approximate surface area is 191 Å². The molecule has 4 aromatic rings. The molecule has 1 amide bonds. The number of rotatable bonds is 7. The van der Waals surface area contributed by atoms with Gasteiger partial charge in [0.15, 0.2) is 11.5 Å². The summed E-state index contributed by atoms with van der Waals surface area (Å²) in [5, 5.41) is 9.64. The van der Waals surface area contributed by atoms with E-state index < -0.39 is 0 Å². The molecule has 0 aliphatic heterocycles. The number of hydrogen-bond donors (Lipinski definition) is 3. The molecule has 168 valence electrons. The highest BCUT2D eigenvalue weighted by Crippen LogP contribution is 2.36. The Morgan fingerprint density at radius 1 is 0.909 bits per heavy atom. The zero-order valence-corrected chi connectivity index (χ0v) is 18.8. The number of benzene rings is 2. The summed E-state index contributed by atoms with van der Waals surface area (Å²) < 4.78 is 10.9. The lowest BCUT2D eigenvalue weighted by Gasteiger charge is -2.13. The first kappa shape index (κ1) is 21.8. The minimum Gasteiger partial charge on any atom is -0.493 e. The highest BCUT2D eigenvalue weighted by molar-refractivity contribution is 6.04. The smallest absolute Gasteiger partial charge is 0.257 e. The number of aromatic nitrogens is 3. The van der Waals surface area contributed by atoms with Crippen molar-refractivity contribution in [3.8, 4) is 22.8 Å². The van der Waals surface area contributed by atoms with Crippen LogP contribution in [0.1, 0.15) is 10.4 Å². The van der Waals surface area contributed by atoms with Crippen LogP contribution in [0.25, 0.3) is 22.2 Å². The Morgan fingerprint density at radius 3 is 2.36 bits per heavy atom. The third-order valence-electron chi connectivity index (χ3n) is 5.10. The Bertz CT molecular complexity index is 1310. The normalized spacial score (nSPS) is 10.5. The topological polar surface area (TPSA) is 110 Å². The summed E-state index contributed by atoms with van der Waals surface area (Å²) in [5.41, 5.74) is 3.30. The molecular weight excluding hydrogens is 420 g/mol. The number of amides is 1. The first-order chi connectivity index (χ1) is 16.1. The Morgan fingerprint density at radius 2 is 1.70 bits per heavy atom. The molecule has 0 spiro atoms. The van der Waals surface area contributed by atoms with Crippen LogP contribution < -0.4 is 25.4 Å². The maximum atomic E-state index is 12.7. The second-order valence-corrected chi connectivity index (χ2v) is 7.09. The summed E-state index contributed by atoms with van der Waals surface area (Å²) in [5.74, 6) is 2.06. The van der Waals surface area contributed by atoms with Gasteiger partial charge < -0.3 is 25.4 Å². The van der Waals surface area contributed by atoms with Gasteiger partial charge in [-0.1, -0.05) is 12.1 Å². The molecule has 0 fully saturated rings. The molecule has 4 rings (SSSR count). The molecule has 2 aromatic heterocycles. The van der Waals surface area contributed by atoms with Gasteiger partial charge in [-0.2, -0.15) is 0 Å². The molecule has 0 bridgehead atoms. The highest BCUT2D eigenvalue weighted by atomic mass is 16.5. The molecule has 9 nitrogen and oxygen atoms in total. The van der Waals surface area contributed by atoms with Gasteiger partial charge in [0, 0.05) is 43.0 Å². The van der Waals surface area contributed by atoms with Crippen molar-refractivity contribution < 1.29 is 14.3 Å². The van der Waals surface area contributed by atoms with Gasteiger partial charge in [-0.3, -0.25) is 4.79 Å². The van der Waals surface area contributed by atoms with Crippen LogP contribution in [0.5, 0.6) is 11.5 Å². The first-order valence-corrected chi connectivity index (χ1v) is 10.2. The zero-order chi connectivity index (χ0) is 23.4. The fourth-order valence-electron chi connectivity index (χ4n) is 3.41. The van der Waals surface area contributed by atoms with E-state index in [2.05, 4.69) is 30.9 Å². The van der Waals surface area contributed by atoms with Crippen molar-refractivity contribution in [1.82, 2.24) is 15.0 Å². The van der Waals surface area contributed by atoms with Gasteiger partial charge in [0.05, 0.1) is 31.0 Å². The molecule has 0 saturated heterocycles. The number of fused-ring (bicyclic) bond motifs is 1. The Kier molecular flexibility index (Phi) is 6.21. The van der Waals surface area contributed by atoms with Crippen LogP contribution in [0, 0.1) is 0 Å². The molecule has 0 saturated carbocycles. The standard InChI is InChI=1S/C24H24N6O3/c1-25-21-9-8-15(13-27-21)23(31)28-16-7-5-6-14(10-16)22-17-11-19(32-3)20(33-4)12-18(17)29-24(26-2)30-22/h5-13H,1-4H3,(H,25,27)(H,28,31)(H,26,29,30). The first-order valence-electron chi connectivity index (χ1n) is 10.2. The van der Waals surface area contributed by atoms with Crippen molar-refractivity contribution in [1.29, 1.82) is 0 Å². The lowest BCUT2D eigenvalue weighted by molar-refractivity contribution is 0.102. The van der Waals surface area contributed by atoms with Gasteiger partial charge >= 0.3 is 0 Å². The second-order valence-electron chi connectivity index (χ2n) is 7.09. The summed E-state index contributed by atoms with van der Waals surface area (Å²) in [6.45, 7) is 0. The van der Waals surface area contributed by atoms with Crippen LogP contribution in [-0.2, 0) is 0 Å². The van der Waals surface area contributed by atoms with E-state index in [0.29, 0.717) is 45.7 Å². The van der Waals surface area contributed by atoms with E-state index in [1.165, 1.54) is 6.20 Å². The third kappa shape index (κ3) is 4.47. The van der Waals surface area contributed by atoms with Gasteiger partial charge in [0.2, 0.25) is 5.95 Å². The summed E-state index contributed by atoms with van der Waals surface area (Å²) in [6.07, 6.45) is 1.53. The number of ether oxygens (including phenoxy) is 2. The number of nitrogens with one attached hydrogen (secondary N) is 3. The second kappa shape index (κ2) is 9.39. The molecular formula is C24H24N6O3. The average molecular weight is 444 g/mol. The minimum absolute atomic E-state index is 0.253. The number of carbonyl (C=O) groups excluding carboxylic acids is 1. The monoisotopic (exact) mass is 444 g/mol. The maximum Gasteiger partial charge on any atom is 0.257 e. The van der Waals surface area contributed by atoms with Gasteiger partial charge in [0.25, 0.3) is 5.91 Å². The molecule has 2 heterocycles. The Hall–Kier alpha value is -4.40. The van der Waals surface area contributed by atoms with E-state index in [1.54, 1.807) is 40.4 Å². The molecule has 2 aromatic carbocycles. The molecule has 33 heavy (non-hydrogen) atoms. The SMILES string of the molecule is CNc1ccc(C(=O)Nc2cccc(-c3nc(NC)nc4cc(OC)c(OC)cc34)c2)cn1. The van der Waals surface area contributed by atoms with Gasteiger partial charge in [-0.15, -0.1) is 0 Å². The van der Waals surface area contributed by atoms with Crippen molar-refractivity contribution in [3.05, 3.63) is 60.3 Å². The van der Waals surface area contributed by atoms with Crippen molar-refractivity contribution in [2.75, 3.05) is 44.3 Å². The summed E-state index contributed by atoms with van der Waals surface area (Å²) in [4.78, 5) is 26.1. The summed E-state index contributed by atoms with van der Waals surface area (Å²) in [7, 11) is 6.70. The van der Waals surface area contributed by atoms with E-state index in [-0.39, 0.29) is 5.91 Å². The van der Waals surface area contributed by atoms with Gasteiger partial charge in [-0.25, -0.2) is 15.0 Å². The zero-order valence-electron chi connectivity index (χ0n) is 18.8. The van der Waals surface area contributed by atoms with E-state index in [0.717, 1.165) is 10.9 Å². The molecule has 0 unspecified atom stereocenters. The fourth-order valence-corrected chi connectivity index (χ4v) is 3.41. The molecule has 9 heteroatoms. The summed E-state index contributed by atoms with van der Waals surface area (Å²) >= 11 is 0. The lowest BCUT2D eigenvalue weighted by atomic mass is 10.0. The van der Waals surface area contributed by atoms with Crippen molar-refractivity contribution in [3.63, 3.8) is 0 Å². The molecule has 0 aliphatic carbocycles. The van der Waals surface area contributed by atoms with E-state index in [4.69, 9.17) is 9.47 Å². The molecule has 0 aliphatic rings. The van der Waals surface area contributed by atoms with Crippen LogP contribution >= 0.6 is 0 Å². The van der Waals surface area contributed by atoms with Crippen LogP contribution in [0.2, 0.25) is 0 Å². The third-order valence-corrected chi connectivity index (χ3v) is 5.10. The fraction of sp³-hybridized carbons (Fsp3) is 0.167. The number of nitrogens with zero attached hydrogens (tertiary/aromatic N) is 3. The largest absolute Gasteiger partial charge is 0.493 e.